The molecule has 0 aromatic heterocycles. The minimum atomic E-state index is -0.354. The van der Waals surface area contributed by atoms with Gasteiger partial charge in [-0.2, -0.15) is 0 Å². The first-order chi connectivity index (χ1) is 21.7. The number of halogens is 1. The van der Waals surface area contributed by atoms with Crippen molar-refractivity contribution in [2.24, 2.45) is 5.92 Å². The second-order valence-electron chi connectivity index (χ2n) is 12.4. The minimum absolute atomic E-state index is 0.0191. The van der Waals surface area contributed by atoms with E-state index in [0.29, 0.717) is 28.9 Å². The van der Waals surface area contributed by atoms with Gasteiger partial charge in [-0.15, -0.1) is 0 Å². The molecule has 7 nitrogen and oxygen atoms in total. The van der Waals surface area contributed by atoms with Gasteiger partial charge in [-0.3, -0.25) is 9.59 Å². The lowest BCUT2D eigenvalue weighted by molar-refractivity contribution is -0.132. The number of amides is 2. The summed E-state index contributed by atoms with van der Waals surface area (Å²) in [6, 6.07) is 19.7. The number of carbonyl (C=O) groups is 2. The lowest BCUT2D eigenvalue weighted by Gasteiger charge is -2.38. The number of carbonyl (C=O) groups excluding carboxylic acids is 2. The molecule has 0 aliphatic carbocycles. The van der Waals surface area contributed by atoms with E-state index in [2.05, 4.69) is 37.9 Å². The summed E-state index contributed by atoms with van der Waals surface area (Å²) >= 11 is 6.28. The number of rotatable bonds is 11. The summed E-state index contributed by atoms with van der Waals surface area (Å²) in [5.74, 6) is 2.15. The summed E-state index contributed by atoms with van der Waals surface area (Å²) in [5.41, 5.74) is 4.86. The molecule has 45 heavy (non-hydrogen) atoms. The van der Waals surface area contributed by atoms with Crippen LogP contribution in [0.2, 0.25) is 5.02 Å². The highest BCUT2D eigenvalue weighted by molar-refractivity contribution is 6.30. The number of piperidine rings is 1. The van der Waals surface area contributed by atoms with Crippen molar-refractivity contribution in [3.63, 3.8) is 0 Å². The van der Waals surface area contributed by atoms with E-state index >= 15 is 0 Å². The molecule has 1 unspecified atom stereocenters. The zero-order chi connectivity index (χ0) is 32.1. The Morgan fingerprint density at radius 2 is 1.71 bits per heavy atom. The Labute approximate surface area is 273 Å². The molecular formula is C37H46ClN3O4. The van der Waals surface area contributed by atoms with Crippen molar-refractivity contribution in [1.82, 2.24) is 4.90 Å². The average molecular weight is 632 g/mol. The molecule has 0 N–H and O–H groups in total. The molecule has 1 fully saturated rings. The maximum Gasteiger partial charge on any atom is 0.232 e. The molecule has 3 aromatic carbocycles. The molecule has 240 valence electrons. The monoisotopic (exact) mass is 631 g/mol. The summed E-state index contributed by atoms with van der Waals surface area (Å²) in [4.78, 5) is 32.4. The van der Waals surface area contributed by atoms with Gasteiger partial charge in [0, 0.05) is 49.5 Å². The third-order valence-electron chi connectivity index (χ3n) is 9.21. The van der Waals surface area contributed by atoms with Gasteiger partial charge in [-0.25, -0.2) is 0 Å². The maximum absolute atomic E-state index is 13.9. The van der Waals surface area contributed by atoms with Crippen molar-refractivity contribution in [3.05, 3.63) is 82.4 Å². The van der Waals surface area contributed by atoms with Crippen LogP contribution in [0, 0.1) is 5.92 Å². The van der Waals surface area contributed by atoms with Gasteiger partial charge < -0.3 is 24.2 Å². The summed E-state index contributed by atoms with van der Waals surface area (Å²) in [7, 11) is 3.75. The van der Waals surface area contributed by atoms with Crippen molar-refractivity contribution in [3.8, 4) is 11.5 Å². The Bertz CT molecular complexity index is 1470. The Hall–Kier alpha value is -3.71. The first kappa shape index (κ1) is 32.7. The highest BCUT2D eigenvalue weighted by atomic mass is 35.5. The second kappa shape index (κ2) is 14.6. The van der Waals surface area contributed by atoms with Crippen LogP contribution in [0.25, 0.3) is 0 Å². The SMILES string of the molecule is CCCC(=O)N1CCC(CN(C)c2ccc(N3C(=O)Cc4cc(OC)c(O[C@H](C)CC)cc4C3c3ccc(Cl)cc3)cc2)CC1. The molecule has 2 amide bonds. The van der Waals surface area contributed by atoms with E-state index in [1.54, 1.807) is 7.11 Å². The van der Waals surface area contributed by atoms with Crippen molar-refractivity contribution >= 4 is 34.8 Å². The van der Waals surface area contributed by atoms with Gasteiger partial charge in [0.1, 0.15) is 0 Å². The van der Waals surface area contributed by atoms with Gasteiger partial charge in [-0.1, -0.05) is 37.6 Å². The van der Waals surface area contributed by atoms with Gasteiger partial charge in [0.25, 0.3) is 0 Å². The van der Waals surface area contributed by atoms with Crippen LogP contribution in [0.3, 0.4) is 0 Å². The smallest absolute Gasteiger partial charge is 0.232 e. The molecule has 2 heterocycles. The number of hydrogen-bond acceptors (Lipinski definition) is 5. The fraction of sp³-hybridized carbons (Fsp3) is 0.459. The standard InChI is InChI=1S/C37H46ClN3O4/c1-6-8-35(42)40-19-17-26(18-20-40)24-39(4)30-13-15-31(16-14-30)41-36(43)22-28-21-33(44-5)34(45-25(3)7-2)23-32(28)37(41)27-9-11-29(38)12-10-27/h9-16,21,23,25-26,37H,6-8,17-20,22,24H2,1-5H3/t25-,37?/m1/s1. The highest BCUT2D eigenvalue weighted by Crippen LogP contribution is 2.44. The molecule has 0 spiro atoms. The molecule has 0 bridgehead atoms. The molecule has 3 aromatic rings. The molecule has 5 rings (SSSR count). The maximum atomic E-state index is 13.9. The topological polar surface area (TPSA) is 62.3 Å². The number of methoxy groups -OCH3 is 1. The first-order valence-corrected chi connectivity index (χ1v) is 16.6. The van der Waals surface area contributed by atoms with Crippen molar-refractivity contribution in [2.45, 2.75) is 71.4 Å². The number of nitrogens with zero attached hydrogens (tertiary/aromatic N) is 3. The minimum Gasteiger partial charge on any atom is -0.493 e. The molecule has 2 aliphatic heterocycles. The van der Waals surface area contributed by atoms with E-state index in [1.807, 2.05) is 65.3 Å². The van der Waals surface area contributed by atoms with Crippen LogP contribution in [0.15, 0.2) is 60.7 Å². The summed E-state index contributed by atoms with van der Waals surface area (Å²) in [6.45, 7) is 8.81. The Morgan fingerprint density at radius 3 is 2.33 bits per heavy atom. The van der Waals surface area contributed by atoms with E-state index < -0.39 is 0 Å². The van der Waals surface area contributed by atoms with E-state index in [-0.39, 0.29) is 30.4 Å². The van der Waals surface area contributed by atoms with Gasteiger partial charge in [0.05, 0.1) is 25.7 Å². The molecule has 1 saturated heterocycles. The predicted molar refractivity (Wildman–Crippen MR) is 182 cm³/mol. The van der Waals surface area contributed by atoms with Gasteiger partial charge in [0.15, 0.2) is 11.5 Å². The van der Waals surface area contributed by atoms with Gasteiger partial charge in [-0.05, 0) is 104 Å². The molecular weight excluding hydrogens is 586 g/mol. The largest absolute Gasteiger partial charge is 0.493 e. The molecule has 2 aliphatic rings. The number of benzene rings is 3. The van der Waals surface area contributed by atoms with E-state index in [9.17, 15) is 9.59 Å². The Kier molecular flexibility index (Phi) is 10.6. The molecule has 0 radical (unpaired) electrons. The van der Waals surface area contributed by atoms with Crippen LogP contribution in [-0.2, 0) is 16.0 Å². The highest BCUT2D eigenvalue weighted by Gasteiger charge is 2.36. The zero-order valence-corrected chi connectivity index (χ0v) is 28.0. The fourth-order valence-corrected chi connectivity index (χ4v) is 6.60. The van der Waals surface area contributed by atoms with E-state index in [0.717, 1.165) is 73.4 Å². The van der Waals surface area contributed by atoms with Crippen LogP contribution >= 0.6 is 11.6 Å². The Morgan fingerprint density at radius 1 is 1.02 bits per heavy atom. The summed E-state index contributed by atoms with van der Waals surface area (Å²) in [6.07, 6.45) is 4.74. The van der Waals surface area contributed by atoms with E-state index in [1.165, 1.54) is 0 Å². The van der Waals surface area contributed by atoms with Crippen molar-refractivity contribution in [2.75, 3.05) is 43.6 Å². The number of likely N-dealkylation sites (tertiary alicyclic amines) is 1. The van der Waals surface area contributed by atoms with Crippen LogP contribution < -0.4 is 19.3 Å². The first-order valence-electron chi connectivity index (χ1n) is 16.3. The molecule has 8 heteroatoms. The Balaban J connectivity index is 1.40. The predicted octanol–water partition coefficient (Wildman–Crippen LogP) is 7.68. The third-order valence-corrected chi connectivity index (χ3v) is 9.46. The fourth-order valence-electron chi connectivity index (χ4n) is 6.47. The quantitative estimate of drug-likeness (QED) is 0.217. The zero-order valence-electron chi connectivity index (χ0n) is 27.2. The number of fused-ring (bicyclic) bond motifs is 1. The van der Waals surface area contributed by atoms with Crippen molar-refractivity contribution in [1.29, 1.82) is 0 Å². The molecule has 2 atom stereocenters. The summed E-state index contributed by atoms with van der Waals surface area (Å²) in [5, 5.41) is 0.647. The molecule has 0 saturated carbocycles. The van der Waals surface area contributed by atoms with Crippen LogP contribution in [0.1, 0.15) is 75.6 Å². The van der Waals surface area contributed by atoms with Crippen LogP contribution in [0.5, 0.6) is 11.5 Å². The van der Waals surface area contributed by atoms with Crippen LogP contribution in [-0.4, -0.2) is 56.6 Å². The second-order valence-corrected chi connectivity index (χ2v) is 12.8. The summed E-state index contributed by atoms with van der Waals surface area (Å²) < 4.78 is 12.0. The third kappa shape index (κ3) is 7.41. The average Bonchev–Trinajstić information content (AvgIpc) is 3.05. The normalized spacial score (nSPS) is 17.6. The lowest BCUT2D eigenvalue weighted by atomic mass is 9.86. The van der Waals surface area contributed by atoms with Gasteiger partial charge >= 0.3 is 0 Å². The number of anilines is 2. The number of ether oxygens (including phenoxy) is 2. The number of hydrogen-bond donors (Lipinski definition) is 0. The van der Waals surface area contributed by atoms with Crippen molar-refractivity contribution < 1.29 is 19.1 Å². The van der Waals surface area contributed by atoms with Crippen LogP contribution in [0.4, 0.5) is 11.4 Å². The van der Waals surface area contributed by atoms with E-state index in [4.69, 9.17) is 21.1 Å². The lowest BCUT2D eigenvalue weighted by Crippen LogP contribution is -2.41. The van der Waals surface area contributed by atoms with Gasteiger partial charge in [0.2, 0.25) is 11.8 Å².